The highest BCUT2D eigenvalue weighted by molar-refractivity contribution is 7.89. The first kappa shape index (κ1) is 12.2. The van der Waals surface area contributed by atoms with Crippen LogP contribution in [0.3, 0.4) is 0 Å². The van der Waals surface area contributed by atoms with Crippen LogP contribution in [0.4, 0.5) is 0 Å². The van der Waals surface area contributed by atoms with Crippen LogP contribution in [0.2, 0.25) is 5.02 Å². The van der Waals surface area contributed by atoms with Gasteiger partial charge in [0.15, 0.2) is 0 Å². The van der Waals surface area contributed by atoms with Crippen molar-refractivity contribution in [2.75, 3.05) is 6.54 Å². The molecule has 1 N–H and O–H groups in total. The molecule has 0 saturated heterocycles. The zero-order valence-electron chi connectivity index (χ0n) is 8.11. The highest BCUT2D eigenvalue weighted by Gasteiger charge is 2.15. The van der Waals surface area contributed by atoms with Gasteiger partial charge in [-0.1, -0.05) is 29.8 Å². The van der Waals surface area contributed by atoms with E-state index in [0.717, 1.165) is 0 Å². The van der Waals surface area contributed by atoms with Crippen molar-refractivity contribution in [1.82, 2.24) is 4.72 Å². The molecular formula is C10H12ClNO2S. The molecule has 0 spiro atoms. The molecule has 15 heavy (non-hydrogen) atoms. The fourth-order valence-electron chi connectivity index (χ4n) is 1.04. The molecule has 0 bridgehead atoms. The maximum absolute atomic E-state index is 11.7. The summed E-state index contributed by atoms with van der Waals surface area (Å²) in [5, 5.41) is 0.226. The average Bonchev–Trinajstić information content (AvgIpc) is 2.18. The second-order valence-electron chi connectivity index (χ2n) is 2.91. The Morgan fingerprint density at radius 1 is 1.40 bits per heavy atom. The fourth-order valence-corrected chi connectivity index (χ4v) is 2.60. The standard InChI is InChI=1S/C10H12ClNO2S/c1-2-3-8-12-15(13,14)10-7-5-4-6-9(10)11/h2,4-7,12H,1,3,8H2. The van der Waals surface area contributed by atoms with Gasteiger partial charge in [0.2, 0.25) is 10.0 Å². The van der Waals surface area contributed by atoms with E-state index in [0.29, 0.717) is 13.0 Å². The first-order valence-electron chi connectivity index (χ1n) is 4.43. The number of nitrogens with one attached hydrogen (secondary N) is 1. The largest absolute Gasteiger partial charge is 0.242 e. The SMILES string of the molecule is C=CCCNS(=O)(=O)c1ccccc1Cl. The van der Waals surface area contributed by atoms with Crippen LogP contribution in [0.15, 0.2) is 41.8 Å². The summed E-state index contributed by atoms with van der Waals surface area (Å²) in [4.78, 5) is 0.107. The van der Waals surface area contributed by atoms with Crippen molar-refractivity contribution in [3.05, 3.63) is 41.9 Å². The van der Waals surface area contributed by atoms with Crippen molar-refractivity contribution in [3.63, 3.8) is 0 Å². The predicted molar refractivity (Wildman–Crippen MR) is 61.5 cm³/mol. The van der Waals surface area contributed by atoms with Crippen molar-refractivity contribution in [2.45, 2.75) is 11.3 Å². The van der Waals surface area contributed by atoms with Crippen LogP contribution >= 0.6 is 11.6 Å². The summed E-state index contributed by atoms with van der Waals surface area (Å²) in [6.07, 6.45) is 2.23. The van der Waals surface area contributed by atoms with E-state index in [2.05, 4.69) is 11.3 Å². The Kier molecular flexibility index (Phi) is 4.32. The molecule has 0 aliphatic rings. The molecule has 0 fully saturated rings. The molecule has 0 unspecified atom stereocenters. The molecule has 1 rings (SSSR count). The summed E-state index contributed by atoms with van der Waals surface area (Å²) < 4.78 is 25.8. The molecule has 1 aromatic carbocycles. The van der Waals surface area contributed by atoms with Crippen molar-refractivity contribution in [1.29, 1.82) is 0 Å². The third-order valence-electron chi connectivity index (χ3n) is 1.77. The molecule has 0 saturated carbocycles. The van der Waals surface area contributed by atoms with Crippen LogP contribution in [0.5, 0.6) is 0 Å². The zero-order valence-corrected chi connectivity index (χ0v) is 9.68. The van der Waals surface area contributed by atoms with Crippen molar-refractivity contribution >= 4 is 21.6 Å². The molecule has 82 valence electrons. The lowest BCUT2D eigenvalue weighted by molar-refractivity contribution is 0.582. The lowest BCUT2D eigenvalue weighted by Gasteiger charge is -2.06. The Labute approximate surface area is 94.8 Å². The van der Waals surface area contributed by atoms with Crippen molar-refractivity contribution in [3.8, 4) is 0 Å². The maximum atomic E-state index is 11.7. The van der Waals surface area contributed by atoms with Crippen LogP contribution in [0.25, 0.3) is 0 Å². The van der Waals surface area contributed by atoms with Gasteiger partial charge in [0.25, 0.3) is 0 Å². The second kappa shape index (κ2) is 5.30. The van der Waals surface area contributed by atoms with Crippen LogP contribution in [0.1, 0.15) is 6.42 Å². The van der Waals surface area contributed by atoms with Crippen LogP contribution < -0.4 is 4.72 Å². The molecule has 0 radical (unpaired) electrons. The van der Waals surface area contributed by atoms with Crippen LogP contribution in [-0.4, -0.2) is 15.0 Å². The molecule has 0 aromatic heterocycles. The summed E-state index contributed by atoms with van der Waals surface area (Å²) in [5.74, 6) is 0. The smallest absolute Gasteiger partial charge is 0.211 e. The van der Waals surface area contributed by atoms with E-state index in [9.17, 15) is 8.42 Å². The Morgan fingerprint density at radius 3 is 2.67 bits per heavy atom. The van der Waals surface area contributed by atoms with E-state index < -0.39 is 10.0 Å². The molecule has 5 heteroatoms. The van der Waals surface area contributed by atoms with Crippen LogP contribution in [0, 0.1) is 0 Å². The molecule has 0 heterocycles. The maximum Gasteiger partial charge on any atom is 0.242 e. The van der Waals surface area contributed by atoms with E-state index in [1.165, 1.54) is 6.07 Å². The average molecular weight is 246 g/mol. The van der Waals surface area contributed by atoms with Gasteiger partial charge >= 0.3 is 0 Å². The summed E-state index contributed by atoms with van der Waals surface area (Å²) >= 11 is 5.78. The highest BCUT2D eigenvalue weighted by Crippen LogP contribution is 2.19. The lowest BCUT2D eigenvalue weighted by atomic mass is 10.4. The van der Waals surface area contributed by atoms with E-state index in [1.807, 2.05) is 0 Å². The number of rotatable bonds is 5. The van der Waals surface area contributed by atoms with Gasteiger partial charge < -0.3 is 0 Å². The van der Waals surface area contributed by atoms with Gasteiger partial charge in [-0.15, -0.1) is 6.58 Å². The molecule has 0 aliphatic heterocycles. The van der Waals surface area contributed by atoms with E-state index in [4.69, 9.17) is 11.6 Å². The van der Waals surface area contributed by atoms with Gasteiger partial charge in [-0.05, 0) is 18.6 Å². The van der Waals surface area contributed by atoms with Gasteiger partial charge in [0.05, 0.1) is 5.02 Å². The summed E-state index contributed by atoms with van der Waals surface area (Å²) in [5.41, 5.74) is 0. The summed E-state index contributed by atoms with van der Waals surface area (Å²) in [7, 11) is -3.49. The number of hydrogen-bond donors (Lipinski definition) is 1. The lowest BCUT2D eigenvalue weighted by Crippen LogP contribution is -2.24. The molecule has 0 amide bonds. The van der Waals surface area contributed by atoms with Gasteiger partial charge in [0.1, 0.15) is 4.90 Å². The van der Waals surface area contributed by atoms with E-state index in [1.54, 1.807) is 24.3 Å². The quantitative estimate of drug-likeness (QED) is 0.639. The summed E-state index contributed by atoms with van der Waals surface area (Å²) in [6, 6.07) is 6.33. The Bertz CT molecular complexity index is 442. The van der Waals surface area contributed by atoms with Crippen molar-refractivity contribution < 1.29 is 8.42 Å². The monoisotopic (exact) mass is 245 g/mol. The third-order valence-corrected chi connectivity index (χ3v) is 3.73. The summed E-state index contributed by atoms with van der Waals surface area (Å²) in [6.45, 7) is 3.84. The van der Waals surface area contributed by atoms with E-state index >= 15 is 0 Å². The molecule has 3 nitrogen and oxygen atoms in total. The first-order chi connectivity index (χ1) is 7.08. The van der Waals surface area contributed by atoms with E-state index in [-0.39, 0.29) is 9.92 Å². The van der Waals surface area contributed by atoms with Gasteiger partial charge in [0, 0.05) is 6.54 Å². The molecule has 0 atom stereocenters. The van der Waals surface area contributed by atoms with Crippen molar-refractivity contribution in [2.24, 2.45) is 0 Å². The topological polar surface area (TPSA) is 46.2 Å². The fraction of sp³-hybridized carbons (Fsp3) is 0.200. The minimum absolute atomic E-state index is 0.107. The Balaban J connectivity index is 2.87. The van der Waals surface area contributed by atoms with Gasteiger partial charge in [-0.3, -0.25) is 0 Å². The predicted octanol–water partition coefficient (Wildman–Crippen LogP) is 2.19. The normalized spacial score (nSPS) is 11.3. The van der Waals surface area contributed by atoms with Gasteiger partial charge in [-0.25, -0.2) is 13.1 Å². The van der Waals surface area contributed by atoms with Crippen LogP contribution in [-0.2, 0) is 10.0 Å². The molecular weight excluding hydrogens is 234 g/mol. The number of sulfonamides is 1. The number of benzene rings is 1. The third kappa shape index (κ3) is 3.34. The Morgan fingerprint density at radius 2 is 2.07 bits per heavy atom. The molecule has 0 aliphatic carbocycles. The second-order valence-corrected chi connectivity index (χ2v) is 5.05. The minimum Gasteiger partial charge on any atom is -0.211 e. The zero-order chi connectivity index (χ0) is 11.3. The Hall–Kier alpha value is -0.840. The minimum atomic E-state index is -3.49. The number of halogens is 1. The highest BCUT2D eigenvalue weighted by atomic mass is 35.5. The number of hydrogen-bond acceptors (Lipinski definition) is 2. The van der Waals surface area contributed by atoms with Gasteiger partial charge in [-0.2, -0.15) is 0 Å². The first-order valence-corrected chi connectivity index (χ1v) is 6.29. The molecule has 1 aromatic rings.